The van der Waals surface area contributed by atoms with E-state index in [1.54, 1.807) is 18.3 Å². The summed E-state index contributed by atoms with van der Waals surface area (Å²) in [7, 11) is 0. The van der Waals surface area contributed by atoms with Crippen LogP contribution in [0, 0.1) is 5.41 Å². The van der Waals surface area contributed by atoms with Gasteiger partial charge in [0.2, 0.25) is 0 Å². The van der Waals surface area contributed by atoms with Crippen LogP contribution in [0.1, 0.15) is 32.6 Å². The van der Waals surface area contributed by atoms with E-state index in [1.807, 2.05) is 20.8 Å². The number of halogens is 1. The molecule has 3 heteroatoms. The summed E-state index contributed by atoms with van der Waals surface area (Å²) in [4.78, 5) is 4.06. The van der Waals surface area contributed by atoms with E-state index >= 15 is 0 Å². The average molecular weight is 200 g/mol. The van der Waals surface area contributed by atoms with Crippen LogP contribution in [-0.4, -0.2) is 10.1 Å². The van der Waals surface area contributed by atoms with E-state index in [9.17, 15) is 5.11 Å². The Hall–Kier alpha value is -0.600. The van der Waals surface area contributed by atoms with E-state index in [4.69, 9.17) is 11.6 Å². The summed E-state index contributed by atoms with van der Waals surface area (Å²) < 4.78 is 0. The third-order valence-electron chi connectivity index (χ3n) is 1.87. The van der Waals surface area contributed by atoms with E-state index < -0.39 is 6.10 Å². The maximum Gasteiger partial charge on any atom is 0.102 e. The third kappa shape index (κ3) is 2.42. The van der Waals surface area contributed by atoms with Crippen molar-refractivity contribution in [1.29, 1.82) is 0 Å². The van der Waals surface area contributed by atoms with E-state index in [-0.39, 0.29) is 5.41 Å². The van der Waals surface area contributed by atoms with Crippen molar-refractivity contribution in [2.45, 2.75) is 26.9 Å². The van der Waals surface area contributed by atoms with Gasteiger partial charge >= 0.3 is 0 Å². The van der Waals surface area contributed by atoms with Crippen LogP contribution < -0.4 is 0 Å². The van der Waals surface area contributed by atoms with Crippen LogP contribution >= 0.6 is 11.6 Å². The number of rotatable bonds is 1. The number of hydrogen-bond acceptors (Lipinski definition) is 2. The van der Waals surface area contributed by atoms with Gasteiger partial charge < -0.3 is 5.11 Å². The Morgan fingerprint density at radius 2 is 2.08 bits per heavy atom. The molecule has 0 radical (unpaired) electrons. The molecule has 0 aliphatic carbocycles. The summed E-state index contributed by atoms with van der Waals surface area (Å²) in [6.45, 7) is 5.84. The number of nitrogens with zero attached hydrogens (tertiary/aromatic N) is 1. The molecule has 0 aliphatic heterocycles. The first-order valence-corrected chi connectivity index (χ1v) is 4.59. The SMILES string of the molecule is CC(C)(C)C(O)c1ncccc1Cl. The fourth-order valence-corrected chi connectivity index (χ4v) is 1.23. The van der Waals surface area contributed by atoms with Gasteiger partial charge in [-0.2, -0.15) is 0 Å². The van der Waals surface area contributed by atoms with Crippen molar-refractivity contribution >= 4 is 11.6 Å². The maximum absolute atomic E-state index is 9.89. The summed E-state index contributed by atoms with van der Waals surface area (Å²) in [5.41, 5.74) is 0.314. The fourth-order valence-electron chi connectivity index (χ4n) is 1.01. The topological polar surface area (TPSA) is 33.1 Å². The summed E-state index contributed by atoms with van der Waals surface area (Å²) in [6.07, 6.45) is 1.01. The van der Waals surface area contributed by atoms with Crippen LogP contribution in [0.5, 0.6) is 0 Å². The Labute approximate surface area is 83.6 Å². The second-order valence-corrected chi connectivity index (χ2v) is 4.55. The largest absolute Gasteiger partial charge is 0.386 e. The molecular formula is C10H14ClNO. The van der Waals surface area contributed by atoms with Crippen molar-refractivity contribution in [3.8, 4) is 0 Å². The molecule has 0 saturated heterocycles. The Bertz CT molecular complexity index is 293. The van der Waals surface area contributed by atoms with Crippen LogP contribution in [0.4, 0.5) is 0 Å². The van der Waals surface area contributed by atoms with Crippen molar-refractivity contribution in [2.24, 2.45) is 5.41 Å². The normalized spacial score (nSPS) is 14.2. The first-order chi connectivity index (χ1) is 5.93. The van der Waals surface area contributed by atoms with Gasteiger partial charge in [0, 0.05) is 6.20 Å². The average Bonchev–Trinajstić information content (AvgIpc) is 2.02. The molecule has 0 fully saturated rings. The second kappa shape index (κ2) is 3.64. The molecule has 1 atom stereocenters. The molecule has 1 heterocycles. The Balaban J connectivity index is 3.02. The van der Waals surface area contributed by atoms with Crippen LogP contribution in [0.3, 0.4) is 0 Å². The lowest BCUT2D eigenvalue weighted by molar-refractivity contribution is 0.0590. The minimum absolute atomic E-state index is 0.238. The zero-order chi connectivity index (χ0) is 10.1. The molecule has 0 spiro atoms. The van der Waals surface area contributed by atoms with Crippen LogP contribution in [0.25, 0.3) is 0 Å². The summed E-state index contributed by atoms with van der Waals surface area (Å²) in [5.74, 6) is 0. The van der Waals surface area contributed by atoms with Gasteiger partial charge in [-0.05, 0) is 17.5 Å². The van der Waals surface area contributed by atoms with E-state index in [0.29, 0.717) is 10.7 Å². The van der Waals surface area contributed by atoms with Crippen LogP contribution in [0.2, 0.25) is 5.02 Å². The smallest absolute Gasteiger partial charge is 0.102 e. The molecule has 1 aromatic heterocycles. The molecule has 0 amide bonds. The number of aliphatic hydroxyl groups is 1. The standard InChI is InChI=1S/C10H14ClNO/c1-10(2,3)9(13)8-7(11)5-4-6-12-8/h4-6,9,13H,1-3H3. The van der Waals surface area contributed by atoms with Crippen LogP contribution in [-0.2, 0) is 0 Å². The van der Waals surface area contributed by atoms with E-state index in [1.165, 1.54) is 0 Å². The molecule has 2 nitrogen and oxygen atoms in total. The highest BCUT2D eigenvalue weighted by Crippen LogP contribution is 2.34. The number of aliphatic hydroxyl groups excluding tert-OH is 1. The molecular weight excluding hydrogens is 186 g/mol. The molecule has 0 aliphatic rings. The van der Waals surface area contributed by atoms with E-state index in [2.05, 4.69) is 4.98 Å². The molecule has 1 N–H and O–H groups in total. The zero-order valence-electron chi connectivity index (χ0n) is 8.08. The first-order valence-electron chi connectivity index (χ1n) is 4.21. The number of hydrogen-bond donors (Lipinski definition) is 1. The lowest BCUT2D eigenvalue weighted by Crippen LogP contribution is -2.19. The van der Waals surface area contributed by atoms with Gasteiger partial charge in [0.15, 0.2) is 0 Å². The molecule has 72 valence electrons. The molecule has 0 bridgehead atoms. The van der Waals surface area contributed by atoms with Crippen molar-refractivity contribution in [3.05, 3.63) is 29.0 Å². The third-order valence-corrected chi connectivity index (χ3v) is 2.19. The molecule has 1 aromatic rings. The van der Waals surface area contributed by atoms with Crippen molar-refractivity contribution < 1.29 is 5.11 Å². The lowest BCUT2D eigenvalue weighted by atomic mass is 9.87. The Morgan fingerprint density at radius 3 is 2.54 bits per heavy atom. The summed E-state index contributed by atoms with van der Waals surface area (Å²) in [6, 6.07) is 3.49. The molecule has 13 heavy (non-hydrogen) atoms. The van der Waals surface area contributed by atoms with Gasteiger partial charge in [-0.1, -0.05) is 32.4 Å². The van der Waals surface area contributed by atoms with Gasteiger partial charge in [0.25, 0.3) is 0 Å². The minimum Gasteiger partial charge on any atom is -0.386 e. The van der Waals surface area contributed by atoms with Crippen molar-refractivity contribution in [1.82, 2.24) is 4.98 Å². The van der Waals surface area contributed by atoms with Gasteiger partial charge in [0.05, 0.1) is 10.7 Å². The Morgan fingerprint density at radius 1 is 1.46 bits per heavy atom. The number of aromatic nitrogens is 1. The second-order valence-electron chi connectivity index (χ2n) is 4.14. The maximum atomic E-state index is 9.89. The van der Waals surface area contributed by atoms with Gasteiger partial charge in [0.1, 0.15) is 6.10 Å². The highest BCUT2D eigenvalue weighted by atomic mass is 35.5. The molecule has 1 unspecified atom stereocenters. The van der Waals surface area contributed by atoms with Crippen molar-refractivity contribution in [2.75, 3.05) is 0 Å². The van der Waals surface area contributed by atoms with Crippen molar-refractivity contribution in [3.63, 3.8) is 0 Å². The minimum atomic E-state index is -0.624. The molecule has 0 saturated carbocycles. The molecule has 0 aromatic carbocycles. The highest BCUT2D eigenvalue weighted by Gasteiger charge is 2.26. The van der Waals surface area contributed by atoms with E-state index in [0.717, 1.165) is 0 Å². The van der Waals surface area contributed by atoms with Gasteiger partial charge in [-0.3, -0.25) is 4.98 Å². The zero-order valence-corrected chi connectivity index (χ0v) is 8.84. The summed E-state index contributed by atoms with van der Waals surface area (Å²) in [5, 5.41) is 10.4. The number of pyridine rings is 1. The monoisotopic (exact) mass is 199 g/mol. The highest BCUT2D eigenvalue weighted by molar-refractivity contribution is 6.31. The predicted molar refractivity (Wildman–Crippen MR) is 53.7 cm³/mol. The van der Waals surface area contributed by atoms with Gasteiger partial charge in [-0.25, -0.2) is 0 Å². The quantitative estimate of drug-likeness (QED) is 0.755. The predicted octanol–water partition coefficient (Wildman–Crippen LogP) is 2.81. The summed E-state index contributed by atoms with van der Waals surface area (Å²) >= 11 is 5.90. The van der Waals surface area contributed by atoms with Crippen LogP contribution in [0.15, 0.2) is 18.3 Å². The Kier molecular flexibility index (Phi) is 2.94. The van der Waals surface area contributed by atoms with Gasteiger partial charge in [-0.15, -0.1) is 0 Å². The molecule has 1 rings (SSSR count). The lowest BCUT2D eigenvalue weighted by Gasteiger charge is -2.25. The first kappa shape index (κ1) is 10.5. The fraction of sp³-hybridized carbons (Fsp3) is 0.500.